The minimum absolute atomic E-state index is 0.183. The summed E-state index contributed by atoms with van der Waals surface area (Å²) in [4.78, 5) is 18.6. The number of likely N-dealkylation sites (tertiary alicyclic amines) is 1. The number of ether oxygens (including phenoxy) is 1. The van der Waals surface area contributed by atoms with E-state index in [0.29, 0.717) is 48.3 Å². The smallest absolute Gasteiger partial charge is 0.410 e. The van der Waals surface area contributed by atoms with Crippen LogP contribution in [0.3, 0.4) is 0 Å². The first-order chi connectivity index (χ1) is 15.9. The van der Waals surface area contributed by atoms with Gasteiger partial charge in [-0.1, -0.05) is 18.2 Å². The van der Waals surface area contributed by atoms with Crippen LogP contribution in [-0.2, 0) is 14.8 Å². The molecule has 0 atom stereocenters. The Kier molecular flexibility index (Phi) is 5.97. The third-order valence-electron chi connectivity index (χ3n) is 5.96. The van der Waals surface area contributed by atoms with Gasteiger partial charge >= 0.3 is 6.09 Å². The number of amides is 1. The Bertz CT molecular complexity index is 1300. The fourth-order valence-corrected chi connectivity index (χ4v) is 5.38. The maximum Gasteiger partial charge on any atom is 0.410 e. The molecule has 3 aromatic rings. The molecule has 9 nitrogen and oxygen atoms in total. The van der Waals surface area contributed by atoms with E-state index in [1.54, 1.807) is 41.3 Å². The van der Waals surface area contributed by atoms with Crippen molar-refractivity contribution < 1.29 is 17.9 Å². The Morgan fingerprint density at radius 3 is 2.41 bits per heavy atom. The first kappa shape index (κ1) is 23.9. The minimum atomic E-state index is -3.80. The highest BCUT2D eigenvalue weighted by Crippen LogP contribution is 2.35. The average Bonchev–Trinajstić information content (AvgIpc) is 3.21. The Morgan fingerprint density at radius 2 is 1.79 bits per heavy atom. The Labute approximate surface area is 200 Å². The number of pyridine rings is 1. The van der Waals surface area contributed by atoms with Crippen LogP contribution in [0.25, 0.3) is 11.0 Å². The summed E-state index contributed by atoms with van der Waals surface area (Å²) in [6.45, 7) is 8.70. The third kappa shape index (κ3) is 4.68. The lowest BCUT2D eigenvalue weighted by molar-refractivity contribution is 0.0184. The molecule has 182 valence electrons. The molecule has 0 spiro atoms. The van der Waals surface area contributed by atoms with Gasteiger partial charge in [-0.25, -0.2) is 22.2 Å². The molecular formula is C24H31N5O4S. The highest BCUT2D eigenvalue weighted by Gasteiger charge is 2.34. The van der Waals surface area contributed by atoms with Gasteiger partial charge in [-0.05, 0) is 58.7 Å². The summed E-state index contributed by atoms with van der Waals surface area (Å²) in [5.41, 5.74) is 6.75. The molecule has 10 heteroatoms. The normalized spacial score (nSPS) is 16.4. The second kappa shape index (κ2) is 8.50. The van der Waals surface area contributed by atoms with Crippen LogP contribution < -0.4 is 11.1 Å². The summed E-state index contributed by atoms with van der Waals surface area (Å²) in [6.07, 6.45) is 4.01. The van der Waals surface area contributed by atoms with Crippen molar-refractivity contribution in [2.24, 2.45) is 0 Å². The van der Waals surface area contributed by atoms with Gasteiger partial charge in [0.25, 0.3) is 10.0 Å². The third-order valence-corrected chi connectivity index (χ3v) is 7.64. The zero-order valence-corrected chi connectivity index (χ0v) is 20.7. The van der Waals surface area contributed by atoms with E-state index in [-0.39, 0.29) is 16.5 Å². The first-order valence-corrected chi connectivity index (χ1v) is 12.7. The van der Waals surface area contributed by atoms with Crippen molar-refractivity contribution in [2.45, 2.75) is 56.6 Å². The number of nitrogen functional groups attached to an aromatic ring is 1. The quantitative estimate of drug-likeness (QED) is 0.572. The zero-order chi connectivity index (χ0) is 24.7. The number of rotatable bonds is 4. The van der Waals surface area contributed by atoms with Crippen LogP contribution in [0.4, 0.5) is 16.2 Å². The number of hydrogen-bond acceptors (Lipinski definition) is 7. The first-order valence-electron chi connectivity index (χ1n) is 11.2. The summed E-state index contributed by atoms with van der Waals surface area (Å²) in [5.74, 6) is 0. The number of nitrogens with zero attached hydrogens (tertiary/aromatic N) is 3. The van der Waals surface area contributed by atoms with Gasteiger partial charge < -0.3 is 20.7 Å². The van der Waals surface area contributed by atoms with Crippen molar-refractivity contribution >= 4 is 38.5 Å². The molecule has 0 unspecified atom stereocenters. The number of nitrogens with two attached hydrogens (primary N) is 1. The van der Waals surface area contributed by atoms with Crippen LogP contribution in [-0.4, -0.2) is 52.6 Å². The monoisotopic (exact) mass is 485 g/mol. The number of aromatic nitrogens is 2. The lowest BCUT2D eigenvalue weighted by atomic mass is 9.89. The van der Waals surface area contributed by atoms with E-state index >= 15 is 0 Å². The number of piperidine rings is 1. The Balaban J connectivity index is 1.59. The van der Waals surface area contributed by atoms with Gasteiger partial charge in [-0.2, -0.15) is 0 Å². The van der Waals surface area contributed by atoms with Crippen molar-refractivity contribution in [1.82, 2.24) is 13.9 Å². The van der Waals surface area contributed by atoms with Crippen LogP contribution in [0.2, 0.25) is 0 Å². The Hall–Kier alpha value is -3.27. The molecule has 2 aromatic heterocycles. The summed E-state index contributed by atoms with van der Waals surface area (Å²) in [7, 11) is -3.80. The molecule has 34 heavy (non-hydrogen) atoms. The topological polar surface area (TPSA) is 120 Å². The van der Waals surface area contributed by atoms with Crippen LogP contribution in [0, 0.1) is 0 Å². The Morgan fingerprint density at radius 1 is 1.15 bits per heavy atom. The second-order valence-electron chi connectivity index (χ2n) is 9.91. The number of fused-ring (bicyclic) bond motifs is 1. The average molecular weight is 486 g/mol. The molecule has 1 fully saturated rings. The predicted molar refractivity (Wildman–Crippen MR) is 132 cm³/mol. The molecule has 0 saturated carbocycles. The van der Waals surface area contributed by atoms with Crippen LogP contribution in [0.5, 0.6) is 0 Å². The van der Waals surface area contributed by atoms with Crippen molar-refractivity contribution in [3.8, 4) is 0 Å². The van der Waals surface area contributed by atoms with Gasteiger partial charge in [-0.15, -0.1) is 0 Å². The van der Waals surface area contributed by atoms with Crippen molar-refractivity contribution in [3.05, 3.63) is 48.8 Å². The van der Waals surface area contributed by atoms with Crippen LogP contribution in [0.15, 0.2) is 53.7 Å². The molecule has 0 radical (unpaired) electrons. The van der Waals surface area contributed by atoms with Crippen molar-refractivity contribution in [2.75, 3.05) is 24.1 Å². The maximum absolute atomic E-state index is 13.2. The highest BCUT2D eigenvalue weighted by molar-refractivity contribution is 7.90. The second-order valence-corrected chi connectivity index (χ2v) is 11.7. The van der Waals surface area contributed by atoms with E-state index in [9.17, 15) is 13.2 Å². The van der Waals surface area contributed by atoms with E-state index < -0.39 is 15.6 Å². The van der Waals surface area contributed by atoms with Gasteiger partial charge in [0.2, 0.25) is 0 Å². The van der Waals surface area contributed by atoms with Crippen LogP contribution in [0.1, 0.15) is 40.5 Å². The number of carbonyl (C=O) groups excluding carboxylic acids is 1. The molecular weight excluding hydrogens is 454 g/mol. The summed E-state index contributed by atoms with van der Waals surface area (Å²) >= 11 is 0. The molecule has 1 amide bonds. The SMILES string of the molecule is CC1(Nc2c(N)cnc3c2ccn3S(=O)(=O)c2ccccc2)CCN(C(=O)OC(C)(C)C)CC1. The van der Waals surface area contributed by atoms with Gasteiger partial charge in [0.1, 0.15) is 5.60 Å². The van der Waals surface area contributed by atoms with E-state index in [1.165, 1.54) is 16.4 Å². The molecule has 4 rings (SSSR count). The molecule has 1 saturated heterocycles. The molecule has 3 heterocycles. The van der Waals surface area contributed by atoms with Gasteiger partial charge in [0, 0.05) is 30.2 Å². The van der Waals surface area contributed by atoms with Gasteiger partial charge in [-0.3, -0.25) is 0 Å². The summed E-state index contributed by atoms with van der Waals surface area (Å²) in [5, 5.41) is 4.15. The van der Waals surface area contributed by atoms with E-state index in [4.69, 9.17) is 10.5 Å². The van der Waals surface area contributed by atoms with Crippen molar-refractivity contribution in [3.63, 3.8) is 0 Å². The highest BCUT2D eigenvalue weighted by atomic mass is 32.2. The zero-order valence-electron chi connectivity index (χ0n) is 19.9. The maximum atomic E-state index is 13.2. The number of benzene rings is 1. The number of carbonyl (C=O) groups is 1. The lowest BCUT2D eigenvalue weighted by Crippen LogP contribution is -2.50. The number of anilines is 2. The number of nitrogens with one attached hydrogen (secondary N) is 1. The van der Waals surface area contributed by atoms with E-state index in [2.05, 4.69) is 17.2 Å². The molecule has 3 N–H and O–H groups in total. The largest absolute Gasteiger partial charge is 0.444 e. The lowest BCUT2D eigenvalue weighted by Gasteiger charge is -2.41. The van der Waals surface area contributed by atoms with Gasteiger partial charge in [0.15, 0.2) is 5.65 Å². The van der Waals surface area contributed by atoms with Crippen LogP contribution >= 0.6 is 0 Å². The minimum Gasteiger partial charge on any atom is -0.444 e. The molecule has 0 aliphatic carbocycles. The molecule has 1 aliphatic rings. The van der Waals surface area contributed by atoms with Gasteiger partial charge in [0.05, 0.1) is 22.5 Å². The summed E-state index contributed by atoms with van der Waals surface area (Å²) in [6, 6.07) is 9.94. The predicted octanol–water partition coefficient (Wildman–Crippen LogP) is 4.06. The molecule has 1 aromatic carbocycles. The summed E-state index contributed by atoms with van der Waals surface area (Å²) < 4.78 is 33.0. The number of hydrogen-bond donors (Lipinski definition) is 2. The molecule has 1 aliphatic heterocycles. The van der Waals surface area contributed by atoms with Crippen molar-refractivity contribution in [1.29, 1.82) is 0 Å². The standard InChI is InChI=1S/C24H31N5O4S/c1-23(2,3)33-22(30)28-14-11-24(4,12-15-28)27-20-18-10-13-29(21(18)26-16-19(20)25)34(31,32)17-8-6-5-7-9-17/h5-10,13,16H,11-12,14-15,25H2,1-4H3,(H,26,27). The fourth-order valence-electron chi connectivity index (χ4n) is 4.05. The van der Waals surface area contributed by atoms with E-state index in [0.717, 1.165) is 0 Å². The van der Waals surface area contributed by atoms with E-state index in [1.807, 2.05) is 20.8 Å². The molecule has 0 bridgehead atoms. The fraction of sp³-hybridized carbons (Fsp3) is 0.417.